The quantitative estimate of drug-likeness (QED) is 0.663. The second-order valence-electron chi connectivity index (χ2n) is 3.21. The predicted molar refractivity (Wildman–Crippen MR) is 47.9 cm³/mol. The van der Waals surface area contributed by atoms with Gasteiger partial charge in [0.2, 0.25) is 5.91 Å². The first kappa shape index (κ1) is 9.52. The first-order chi connectivity index (χ1) is 5.83. The molecular weight excluding hydrogens is 152 g/mol. The lowest BCUT2D eigenvalue weighted by atomic mass is 10.0. The highest BCUT2D eigenvalue weighted by Gasteiger charge is 2.16. The van der Waals surface area contributed by atoms with E-state index in [4.69, 9.17) is 0 Å². The maximum atomic E-state index is 11.1. The molecule has 1 heterocycles. The fourth-order valence-electron chi connectivity index (χ4n) is 1.51. The largest absolute Gasteiger partial charge is 0.356 e. The van der Waals surface area contributed by atoms with Crippen LogP contribution in [0.15, 0.2) is 0 Å². The van der Waals surface area contributed by atoms with E-state index in [0.717, 1.165) is 19.5 Å². The Kier molecular flexibility index (Phi) is 4.08. The van der Waals surface area contributed by atoms with Crippen molar-refractivity contribution in [3.63, 3.8) is 0 Å². The number of carbonyl (C=O) groups excluding carboxylic acids is 1. The normalized spacial score (nSPS) is 23.6. The van der Waals surface area contributed by atoms with Gasteiger partial charge in [-0.3, -0.25) is 4.79 Å². The molecule has 12 heavy (non-hydrogen) atoms. The summed E-state index contributed by atoms with van der Waals surface area (Å²) in [5.41, 5.74) is 0. The summed E-state index contributed by atoms with van der Waals surface area (Å²) in [7, 11) is 0. The van der Waals surface area contributed by atoms with Gasteiger partial charge in [-0.25, -0.2) is 5.32 Å². The zero-order chi connectivity index (χ0) is 8.81. The Hall–Kier alpha value is -0.570. The van der Waals surface area contributed by atoms with Crippen molar-refractivity contribution in [1.29, 1.82) is 0 Å². The molecule has 0 spiro atoms. The third-order valence-corrected chi connectivity index (χ3v) is 2.13. The Balaban J connectivity index is 2.15. The molecule has 1 fully saturated rings. The number of nitrogens with one attached hydrogen (secondary N) is 1. The summed E-state index contributed by atoms with van der Waals surface area (Å²) in [5.74, 6) is 0.146. The molecule has 0 bridgehead atoms. The second kappa shape index (κ2) is 5.14. The minimum absolute atomic E-state index is 0.146. The Labute approximate surface area is 73.9 Å². The van der Waals surface area contributed by atoms with E-state index in [9.17, 15) is 4.79 Å². The Morgan fingerprint density at radius 2 is 2.42 bits per heavy atom. The van der Waals surface area contributed by atoms with Crippen LogP contribution in [0.1, 0.15) is 32.6 Å². The van der Waals surface area contributed by atoms with E-state index in [1.807, 2.05) is 6.92 Å². The highest BCUT2D eigenvalue weighted by atomic mass is 16.1. The molecule has 1 radical (unpaired) electrons. The number of rotatable bonds is 3. The molecule has 1 unspecified atom stereocenters. The molecule has 0 aromatic rings. The van der Waals surface area contributed by atoms with Gasteiger partial charge in [0.15, 0.2) is 0 Å². The highest BCUT2D eigenvalue weighted by Crippen LogP contribution is 2.11. The molecule has 1 aliphatic rings. The van der Waals surface area contributed by atoms with E-state index < -0.39 is 0 Å². The van der Waals surface area contributed by atoms with E-state index in [0.29, 0.717) is 12.5 Å². The summed E-state index contributed by atoms with van der Waals surface area (Å²) in [6.07, 6.45) is 4.12. The van der Waals surface area contributed by atoms with Crippen LogP contribution >= 0.6 is 0 Å². The van der Waals surface area contributed by atoms with Crippen molar-refractivity contribution < 1.29 is 4.79 Å². The summed E-state index contributed by atoms with van der Waals surface area (Å²) in [6, 6.07) is 0.297. The Morgan fingerprint density at radius 3 is 3.00 bits per heavy atom. The molecule has 0 aliphatic carbocycles. The first-order valence-electron chi connectivity index (χ1n) is 4.76. The lowest BCUT2D eigenvalue weighted by Gasteiger charge is -2.20. The van der Waals surface area contributed by atoms with Crippen LogP contribution in [0.25, 0.3) is 0 Å². The maximum Gasteiger partial charge on any atom is 0.221 e. The summed E-state index contributed by atoms with van der Waals surface area (Å²) in [6.45, 7) is 3.62. The van der Waals surface area contributed by atoms with Gasteiger partial charge in [-0.2, -0.15) is 0 Å². The molecule has 0 aromatic heterocycles. The fraction of sp³-hybridized carbons (Fsp3) is 0.889. The van der Waals surface area contributed by atoms with Gasteiger partial charge >= 0.3 is 0 Å². The van der Waals surface area contributed by atoms with E-state index in [1.54, 1.807) is 0 Å². The van der Waals surface area contributed by atoms with Crippen LogP contribution in [-0.2, 0) is 4.79 Å². The van der Waals surface area contributed by atoms with Gasteiger partial charge in [0.25, 0.3) is 0 Å². The van der Waals surface area contributed by atoms with Gasteiger partial charge in [-0.1, -0.05) is 6.42 Å². The number of hydrogen-bond donors (Lipinski definition) is 1. The van der Waals surface area contributed by atoms with Crippen molar-refractivity contribution >= 4 is 5.91 Å². The topological polar surface area (TPSA) is 43.2 Å². The molecule has 69 valence electrons. The van der Waals surface area contributed by atoms with E-state index in [1.165, 1.54) is 12.8 Å². The SMILES string of the molecule is CCNC(=O)CC1CCCC[N]1. The molecule has 1 aliphatic heterocycles. The van der Waals surface area contributed by atoms with Crippen molar-refractivity contribution in [3.8, 4) is 0 Å². The van der Waals surface area contributed by atoms with Crippen molar-refractivity contribution in [1.82, 2.24) is 10.6 Å². The highest BCUT2D eigenvalue weighted by molar-refractivity contribution is 5.76. The minimum atomic E-state index is 0.146. The summed E-state index contributed by atoms with van der Waals surface area (Å²) in [4.78, 5) is 11.1. The van der Waals surface area contributed by atoms with Gasteiger partial charge in [0, 0.05) is 25.6 Å². The number of carbonyl (C=O) groups is 1. The molecule has 1 N–H and O–H groups in total. The number of nitrogens with zero attached hydrogens (tertiary/aromatic N) is 1. The van der Waals surface area contributed by atoms with Crippen LogP contribution in [-0.4, -0.2) is 25.0 Å². The smallest absolute Gasteiger partial charge is 0.221 e. The van der Waals surface area contributed by atoms with E-state index >= 15 is 0 Å². The van der Waals surface area contributed by atoms with Crippen LogP contribution in [0, 0.1) is 0 Å². The zero-order valence-electron chi connectivity index (χ0n) is 7.68. The molecule has 0 aromatic carbocycles. The third kappa shape index (κ3) is 3.22. The monoisotopic (exact) mass is 169 g/mol. The molecule has 1 amide bonds. The van der Waals surface area contributed by atoms with Gasteiger partial charge in [-0.15, -0.1) is 0 Å². The van der Waals surface area contributed by atoms with Crippen LogP contribution in [0.3, 0.4) is 0 Å². The first-order valence-corrected chi connectivity index (χ1v) is 4.76. The summed E-state index contributed by atoms with van der Waals surface area (Å²) < 4.78 is 0. The Morgan fingerprint density at radius 1 is 1.58 bits per heavy atom. The average Bonchev–Trinajstić information content (AvgIpc) is 2.06. The lowest BCUT2D eigenvalue weighted by molar-refractivity contribution is -0.121. The molecule has 3 nitrogen and oxygen atoms in total. The third-order valence-electron chi connectivity index (χ3n) is 2.13. The zero-order valence-corrected chi connectivity index (χ0v) is 7.68. The summed E-state index contributed by atoms with van der Waals surface area (Å²) in [5, 5.41) is 7.18. The predicted octanol–water partition coefficient (Wildman–Crippen LogP) is 0.669. The van der Waals surface area contributed by atoms with Crippen molar-refractivity contribution in [2.24, 2.45) is 0 Å². The molecule has 0 saturated carbocycles. The number of piperidine rings is 1. The molecule has 1 rings (SSSR count). The molecule has 1 saturated heterocycles. The van der Waals surface area contributed by atoms with Crippen molar-refractivity contribution in [3.05, 3.63) is 0 Å². The average molecular weight is 169 g/mol. The van der Waals surface area contributed by atoms with Gasteiger partial charge in [0.1, 0.15) is 0 Å². The second-order valence-corrected chi connectivity index (χ2v) is 3.21. The van der Waals surface area contributed by atoms with Crippen LogP contribution in [0.2, 0.25) is 0 Å². The van der Waals surface area contributed by atoms with Crippen LogP contribution < -0.4 is 10.6 Å². The van der Waals surface area contributed by atoms with Crippen molar-refractivity contribution in [2.45, 2.75) is 38.6 Å². The molecule has 1 atom stereocenters. The Bertz CT molecular complexity index is 141. The van der Waals surface area contributed by atoms with Gasteiger partial charge in [-0.05, 0) is 19.8 Å². The minimum Gasteiger partial charge on any atom is -0.356 e. The molecule has 3 heteroatoms. The van der Waals surface area contributed by atoms with E-state index in [-0.39, 0.29) is 5.91 Å². The maximum absolute atomic E-state index is 11.1. The number of hydrogen-bond acceptors (Lipinski definition) is 1. The van der Waals surface area contributed by atoms with Gasteiger partial charge in [0.05, 0.1) is 0 Å². The molecular formula is C9H17N2O. The van der Waals surface area contributed by atoms with Gasteiger partial charge < -0.3 is 5.32 Å². The fourth-order valence-corrected chi connectivity index (χ4v) is 1.51. The van der Waals surface area contributed by atoms with E-state index in [2.05, 4.69) is 10.6 Å². The number of amides is 1. The van der Waals surface area contributed by atoms with Crippen LogP contribution in [0.4, 0.5) is 0 Å². The van der Waals surface area contributed by atoms with Crippen LogP contribution in [0.5, 0.6) is 0 Å². The standard InChI is InChI=1S/C9H17N2O/c1-2-10-9(12)7-8-5-3-4-6-11-8/h8H,2-7H2,1H3,(H,10,12). The summed E-state index contributed by atoms with van der Waals surface area (Å²) >= 11 is 0. The van der Waals surface area contributed by atoms with Crippen molar-refractivity contribution in [2.75, 3.05) is 13.1 Å². The lowest BCUT2D eigenvalue weighted by Crippen LogP contribution is -2.34.